The lowest BCUT2D eigenvalue weighted by Crippen LogP contribution is -2.36. The SMILES string of the molecule is COC(CN)CC(=O)N(C)CCS(C)(=O)=O. The monoisotopic (exact) mass is 252 g/mol. The Labute approximate surface area is 96.7 Å². The number of sulfone groups is 1. The summed E-state index contributed by atoms with van der Waals surface area (Å²) in [7, 11) is 0.0115. The number of amides is 1. The molecule has 0 radical (unpaired) electrons. The first kappa shape index (κ1) is 15.3. The van der Waals surface area contributed by atoms with Gasteiger partial charge >= 0.3 is 0 Å². The number of nitrogens with two attached hydrogens (primary N) is 1. The first-order valence-electron chi connectivity index (χ1n) is 4.94. The van der Waals surface area contributed by atoms with Gasteiger partial charge in [-0.05, 0) is 0 Å². The van der Waals surface area contributed by atoms with Gasteiger partial charge in [0.05, 0.1) is 18.3 Å². The summed E-state index contributed by atoms with van der Waals surface area (Å²) in [6.07, 6.45) is 1.00. The smallest absolute Gasteiger partial charge is 0.225 e. The van der Waals surface area contributed by atoms with E-state index in [1.165, 1.54) is 12.0 Å². The number of hydrogen-bond donors (Lipinski definition) is 1. The number of nitrogens with zero attached hydrogens (tertiary/aromatic N) is 1. The van der Waals surface area contributed by atoms with E-state index in [4.69, 9.17) is 10.5 Å². The number of carbonyl (C=O) groups excluding carboxylic acids is 1. The molecule has 1 atom stereocenters. The van der Waals surface area contributed by atoms with Gasteiger partial charge in [0, 0.05) is 33.5 Å². The van der Waals surface area contributed by atoms with Crippen LogP contribution in [0.15, 0.2) is 0 Å². The van der Waals surface area contributed by atoms with Crippen LogP contribution in [0.2, 0.25) is 0 Å². The fourth-order valence-corrected chi connectivity index (χ4v) is 1.65. The van der Waals surface area contributed by atoms with E-state index in [0.717, 1.165) is 6.26 Å². The molecule has 96 valence electrons. The highest BCUT2D eigenvalue weighted by molar-refractivity contribution is 7.90. The Bertz CT molecular complexity index is 311. The Hall–Kier alpha value is -0.660. The van der Waals surface area contributed by atoms with Crippen LogP contribution in [0.25, 0.3) is 0 Å². The second-order valence-corrected chi connectivity index (χ2v) is 6.00. The average molecular weight is 252 g/mol. The molecular formula is C9H20N2O4S. The van der Waals surface area contributed by atoms with Gasteiger partial charge in [0.2, 0.25) is 5.91 Å². The van der Waals surface area contributed by atoms with Gasteiger partial charge in [-0.1, -0.05) is 0 Å². The van der Waals surface area contributed by atoms with Crippen LogP contribution < -0.4 is 5.73 Å². The van der Waals surface area contributed by atoms with E-state index in [1.807, 2.05) is 0 Å². The summed E-state index contributed by atoms with van der Waals surface area (Å²) in [6.45, 7) is 0.459. The number of hydrogen-bond acceptors (Lipinski definition) is 5. The van der Waals surface area contributed by atoms with Crippen molar-refractivity contribution >= 4 is 15.7 Å². The zero-order valence-electron chi connectivity index (χ0n) is 9.97. The summed E-state index contributed by atoms with van der Waals surface area (Å²) < 4.78 is 26.8. The third kappa shape index (κ3) is 6.76. The molecule has 0 aromatic carbocycles. The van der Waals surface area contributed by atoms with Gasteiger partial charge in [0.15, 0.2) is 0 Å². The highest BCUT2D eigenvalue weighted by atomic mass is 32.2. The molecule has 0 aromatic rings. The Morgan fingerprint density at radius 3 is 2.44 bits per heavy atom. The molecule has 0 aliphatic rings. The molecule has 1 amide bonds. The van der Waals surface area contributed by atoms with E-state index in [1.54, 1.807) is 7.05 Å². The molecule has 1 unspecified atom stereocenters. The normalized spacial score (nSPS) is 13.5. The van der Waals surface area contributed by atoms with Gasteiger partial charge in [0.1, 0.15) is 9.84 Å². The molecule has 0 spiro atoms. The highest BCUT2D eigenvalue weighted by Gasteiger charge is 2.16. The van der Waals surface area contributed by atoms with Crippen LogP contribution in [0.1, 0.15) is 6.42 Å². The molecule has 0 aromatic heterocycles. The maximum Gasteiger partial charge on any atom is 0.225 e. The fourth-order valence-electron chi connectivity index (χ4n) is 1.04. The van der Waals surface area contributed by atoms with Gasteiger partial charge in [-0.25, -0.2) is 8.42 Å². The fraction of sp³-hybridized carbons (Fsp3) is 0.889. The molecule has 0 fully saturated rings. The molecular weight excluding hydrogens is 232 g/mol. The maximum atomic E-state index is 11.6. The quantitative estimate of drug-likeness (QED) is 0.618. The summed E-state index contributed by atoms with van der Waals surface area (Å²) in [5.41, 5.74) is 5.38. The van der Waals surface area contributed by atoms with Crippen molar-refractivity contribution in [3.63, 3.8) is 0 Å². The number of rotatable bonds is 7. The molecule has 0 saturated carbocycles. The van der Waals surface area contributed by atoms with Gasteiger partial charge in [-0.3, -0.25) is 4.79 Å². The minimum absolute atomic E-state index is 0.0322. The lowest BCUT2D eigenvalue weighted by Gasteiger charge is -2.19. The lowest BCUT2D eigenvalue weighted by atomic mass is 10.2. The van der Waals surface area contributed by atoms with Crippen LogP contribution in [0.5, 0.6) is 0 Å². The first-order valence-corrected chi connectivity index (χ1v) is 7.00. The number of ether oxygens (including phenoxy) is 1. The predicted octanol–water partition coefficient (Wildman–Crippen LogP) is -1.15. The van der Waals surface area contributed by atoms with Crippen molar-refractivity contribution in [1.29, 1.82) is 0 Å². The minimum atomic E-state index is -3.04. The summed E-state index contributed by atoms with van der Waals surface area (Å²) in [5, 5.41) is 0. The molecule has 7 heteroatoms. The molecule has 0 aliphatic heterocycles. The van der Waals surface area contributed by atoms with Crippen LogP contribution in [0.3, 0.4) is 0 Å². The van der Waals surface area contributed by atoms with Gasteiger partial charge in [-0.2, -0.15) is 0 Å². The van der Waals surface area contributed by atoms with E-state index in [-0.39, 0.29) is 37.3 Å². The van der Waals surface area contributed by atoms with Crippen molar-refractivity contribution in [2.75, 3.05) is 39.3 Å². The van der Waals surface area contributed by atoms with E-state index >= 15 is 0 Å². The largest absolute Gasteiger partial charge is 0.380 e. The molecule has 2 N–H and O–H groups in total. The third-order valence-electron chi connectivity index (χ3n) is 2.22. The number of methoxy groups -OCH3 is 1. The molecule has 0 heterocycles. The second kappa shape index (κ2) is 6.82. The van der Waals surface area contributed by atoms with Crippen molar-refractivity contribution in [3.05, 3.63) is 0 Å². The van der Waals surface area contributed by atoms with E-state index in [0.29, 0.717) is 0 Å². The Balaban J connectivity index is 4.09. The summed E-state index contributed by atoms with van der Waals surface area (Å²) in [6, 6.07) is 0. The molecule has 16 heavy (non-hydrogen) atoms. The standard InChI is InChI=1S/C9H20N2O4S/c1-11(4-5-16(3,13)14)9(12)6-8(7-10)15-2/h8H,4-7,10H2,1-3H3. The summed E-state index contributed by atoms with van der Waals surface area (Å²) in [4.78, 5) is 13.0. The molecule has 0 rings (SSSR count). The van der Waals surface area contributed by atoms with Crippen LogP contribution >= 0.6 is 0 Å². The minimum Gasteiger partial charge on any atom is -0.380 e. The Kier molecular flexibility index (Phi) is 6.54. The highest BCUT2D eigenvalue weighted by Crippen LogP contribution is 1.99. The van der Waals surface area contributed by atoms with Crippen molar-refractivity contribution in [2.45, 2.75) is 12.5 Å². The van der Waals surface area contributed by atoms with E-state index in [2.05, 4.69) is 0 Å². The van der Waals surface area contributed by atoms with E-state index < -0.39 is 9.84 Å². The van der Waals surface area contributed by atoms with Crippen molar-refractivity contribution < 1.29 is 17.9 Å². The number of carbonyl (C=O) groups is 1. The van der Waals surface area contributed by atoms with Crippen LogP contribution in [-0.2, 0) is 19.4 Å². The van der Waals surface area contributed by atoms with Crippen LogP contribution in [0, 0.1) is 0 Å². The average Bonchev–Trinajstić information content (AvgIpc) is 2.20. The summed E-state index contributed by atoms with van der Waals surface area (Å²) in [5.74, 6) is -0.198. The van der Waals surface area contributed by atoms with Crippen molar-refractivity contribution in [2.24, 2.45) is 5.73 Å². The Morgan fingerprint density at radius 1 is 1.50 bits per heavy atom. The maximum absolute atomic E-state index is 11.6. The molecule has 0 aliphatic carbocycles. The Morgan fingerprint density at radius 2 is 2.06 bits per heavy atom. The third-order valence-corrected chi connectivity index (χ3v) is 3.15. The van der Waals surface area contributed by atoms with Crippen LogP contribution in [-0.4, -0.2) is 64.6 Å². The molecule has 0 saturated heterocycles. The van der Waals surface area contributed by atoms with Crippen LogP contribution in [0.4, 0.5) is 0 Å². The van der Waals surface area contributed by atoms with Gasteiger partial charge < -0.3 is 15.4 Å². The zero-order valence-corrected chi connectivity index (χ0v) is 10.8. The summed E-state index contributed by atoms with van der Waals surface area (Å²) >= 11 is 0. The van der Waals surface area contributed by atoms with Crippen molar-refractivity contribution in [3.8, 4) is 0 Å². The predicted molar refractivity (Wildman–Crippen MR) is 61.8 cm³/mol. The van der Waals surface area contributed by atoms with Gasteiger partial charge in [0.25, 0.3) is 0 Å². The topological polar surface area (TPSA) is 89.7 Å². The second-order valence-electron chi connectivity index (χ2n) is 3.74. The molecule has 0 bridgehead atoms. The van der Waals surface area contributed by atoms with Crippen molar-refractivity contribution in [1.82, 2.24) is 4.90 Å². The molecule has 6 nitrogen and oxygen atoms in total. The van der Waals surface area contributed by atoms with Gasteiger partial charge in [-0.15, -0.1) is 0 Å². The van der Waals surface area contributed by atoms with E-state index in [9.17, 15) is 13.2 Å². The first-order chi connectivity index (χ1) is 7.30. The zero-order chi connectivity index (χ0) is 12.8. The lowest BCUT2D eigenvalue weighted by molar-refractivity contribution is -0.132.